The fraction of sp³-hybridized carbons (Fsp3) is 0.583. The summed E-state index contributed by atoms with van der Waals surface area (Å²) in [5.74, 6) is -0.539. The van der Waals surface area contributed by atoms with Gasteiger partial charge in [0.1, 0.15) is 5.82 Å². The van der Waals surface area contributed by atoms with Gasteiger partial charge in [-0.05, 0) is 31.0 Å². The van der Waals surface area contributed by atoms with Crippen LogP contribution in [0.3, 0.4) is 0 Å². The van der Waals surface area contributed by atoms with Gasteiger partial charge in [-0.3, -0.25) is 4.98 Å². The van der Waals surface area contributed by atoms with Crippen molar-refractivity contribution in [1.29, 1.82) is 0 Å². The van der Waals surface area contributed by atoms with Crippen molar-refractivity contribution in [2.45, 2.75) is 38.4 Å². The first kappa shape index (κ1) is 14.9. The number of alkyl halides is 3. The second kappa shape index (κ2) is 6.68. The lowest BCUT2D eigenvalue weighted by atomic mass is 10.0. The Hall–Kier alpha value is -1.17. The van der Waals surface area contributed by atoms with E-state index in [0.717, 1.165) is 12.6 Å². The minimum Gasteiger partial charge on any atom is -0.310 e. The Morgan fingerprint density at radius 2 is 2.06 bits per heavy atom. The monoisotopic (exact) mass is 264 g/mol. The molecule has 102 valence electrons. The highest BCUT2D eigenvalue weighted by atomic mass is 19.4. The van der Waals surface area contributed by atoms with Crippen molar-refractivity contribution in [1.82, 2.24) is 10.3 Å². The van der Waals surface area contributed by atoms with Crippen LogP contribution < -0.4 is 5.32 Å². The number of aromatic nitrogens is 1. The number of nitrogens with zero attached hydrogens (tertiary/aromatic N) is 1. The molecule has 2 nitrogen and oxygen atoms in total. The van der Waals surface area contributed by atoms with Gasteiger partial charge in [-0.25, -0.2) is 4.39 Å². The fourth-order valence-corrected chi connectivity index (χ4v) is 1.63. The number of hydrogen-bond donors (Lipinski definition) is 1. The Morgan fingerprint density at radius 3 is 2.61 bits per heavy atom. The van der Waals surface area contributed by atoms with Crippen LogP contribution in [-0.4, -0.2) is 17.7 Å². The van der Waals surface area contributed by atoms with E-state index in [1.807, 2.05) is 6.92 Å². The first-order chi connectivity index (χ1) is 8.42. The van der Waals surface area contributed by atoms with Crippen molar-refractivity contribution in [2.24, 2.45) is 0 Å². The van der Waals surface area contributed by atoms with Gasteiger partial charge < -0.3 is 5.32 Å². The SMILES string of the molecule is CCCNC(CCC(F)(F)F)c1cncc(F)c1. The second-order valence-electron chi connectivity index (χ2n) is 4.10. The molecular formula is C12H16F4N2. The highest BCUT2D eigenvalue weighted by molar-refractivity contribution is 5.15. The summed E-state index contributed by atoms with van der Waals surface area (Å²) in [5.41, 5.74) is 0.452. The van der Waals surface area contributed by atoms with Gasteiger partial charge in [0.2, 0.25) is 0 Å². The molecule has 0 aliphatic carbocycles. The van der Waals surface area contributed by atoms with Gasteiger partial charge in [-0.2, -0.15) is 13.2 Å². The van der Waals surface area contributed by atoms with Gasteiger partial charge in [0.05, 0.1) is 6.20 Å². The molecule has 0 saturated heterocycles. The molecule has 0 radical (unpaired) electrons. The molecule has 1 N–H and O–H groups in total. The number of rotatable bonds is 6. The quantitative estimate of drug-likeness (QED) is 0.794. The third kappa shape index (κ3) is 5.44. The van der Waals surface area contributed by atoms with Crippen LogP contribution >= 0.6 is 0 Å². The van der Waals surface area contributed by atoms with Gasteiger partial charge in [0.25, 0.3) is 0 Å². The zero-order valence-electron chi connectivity index (χ0n) is 10.1. The zero-order valence-corrected chi connectivity index (χ0v) is 10.1. The number of pyridine rings is 1. The Labute approximate surface area is 103 Å². The van der Waals surface area contributed by atoms with Crippen molar-refractivity contribution >= 4 is 0 Å². The summed E-state index contributed by atoms with van der Waals surface area (Å²) in [6, 6.07) is 0.700. The summed E-state index contributed by atoms with van der Waals surface area (Å²) in [6.07, 6.45) is -1.99. The fourth-order valence-electron chi connectivity index (χ4n) is 1.63. The van der Waals surface area contributed by atoms with E-state index < -0.39 is 24.5 Å². The van der Waals surface area contributed by atoms with Crippen LogP contribution in [0.4, 0.5) is 17.6 Å². The summed E-state index contributed by atoms with van der Waals surface area (Å²) >= 11 is 0. The van der Waals surface area contributed by atoms with Gasteiger partial charge in [0.15, 0.2) is 0 Å². The van der Waals surface area contributed by atoms with Gasteiger partial charge in [-0.15, -0.1) is 0 Å². The predicted octanol–water partition coefficient (Wildman–Crippen LogP) is 3.60. The van der Waals surface area contributed by atoms with Crippen LogP contribution in [0.5, 0.6) is 0 Å². The summed E-state index contributed by atoms with van der Waals surface area (Å²) in [5, 5.41) is 2.98. The Bertz CT molecular complexity index is 365. The summed E-state index contributed by atoms with van der Waals surface area (Å²) < 4.78 is 49.7. The smallest absolute Gasteiger partial charge is 0.310 e. The lowest BCUT2D eigenvalue weighted by Crippen LogP contribution is -2.24. The molecule has 0 aliphatic rings. The van der Waals surface area contributed by atoms with Crippen LogP contribution in [0, 0.1) is 5.82 Å². The van der Waals surface area contributed by atoms with Crippen molar-refractivity contribution in [3.8, 4) is 0 Å². The number of nitrogens with one attached hydrogen (secondary N) is 1. The second-order valence-corrected chi connectivity index (χ2v) is 4.10. The molecule has 0 amide bonds. The number of halogens is 4. The van der Waals surface area contributed by atoms with E-state index in [1.54, 1.807) is 0 Å². The molecule has 0 bridgehead atoms. The first-order valence-electron chi connectivity index (χ1n) is 5.83. The first-order valence-corrected chi connectivity index (χ1v) is 5.83. The molecule has 1 aromatic heterocycles. The van der Waals surface area contributed by atoms with Crippen LogP contribution in [0.25, 0.3) is 0 Å². The maximum Gasteiger partial charge on any atom is 0.389 e. The molecule has 0 fully saturated rings. The minimum atomic E-state index is -4.20. The molecule has 1 unspecified atom stereocenters. The standard InChI is InChI=1S/C12H16F4N2/c1-2-5-18-11(3-4-12(14,15)16)9-6-10(13)8-17-7-9/h6-8,11,18H,2-5H2,1H3. The minimum absolute atomic E-state index is 0.116. The maximum atomic E-state index is 13.0. The van der Waals surface area contributed by atoms with E-state index in [2.05, 4.69) is 10.3 Å². The van der Waals surface area contributed by atoms with E-state index in [-0.39, 0.29) is 6.42 Å². The molecule has 1 atom stereocenters. The lowest BCUT2D eigenvalue weighted by Gasteiger charge is -2.19. The van der Waals surface area contributed by atoms with Gasteiger partial charge in [0, 0.05) is 18.7 Å². The summed E-state index contributed by atoms with van der Waals surface area (Å²) in [6.45, 7) is 2.50. The van der Waals surface area contributed by atoms with E-state index >= 15 is 0 Å². The molecular weight excluding hydrogens is 248 g/mol. The van der Waals surface area contributed by atoms with Crippen LogP contribution in [0.2, 0.25) is 0 Å². The van der Waals surface area contributed by atoms with E-state index in [9.17, 15) is 17.6 Å². The molecule has 0 aromatic carbocycles. The zero-order chi connectivity index (χ0) is 13.6. The molecule has 1 rings (SSSR count). The lowest BCUT2D eigenvalue weighted by molar-refractivity contribution is -0.136. The van der Waals surface area contributed by atoms with E-state index in [0.29, 0.717) is 12.1 Å². The molecule has 0 spiro atoms. The third-order valence-corrected chi connectivity index (χ3v) is 2.49. The third-order valence-electron chi connectivity index (χ3n) is 2.49. The largest absolute Gasteiger partial charge is 0.389 e. The van der Waals surface area contributed by atoms with Crippen LogP contribution in [0.1, 0.15) is 37.8 Å². The summed E-state index contributed by atoms with van der Waals surface area (Å²) in [4.78, 5) is 3.66. The van der Waals surface area contributed by atoms with E-state index in [1.165, 1.54) is 12.3 Å². The maximum absolute atomic E-state index is 13.0. The average molecular weight is 264 g/mol. The Balaban J connectivity index is 2.71. The molecule has 1 aromatic rings. The van der Waals surface area contributed by atoms with Crippen LogP contribution in [-0.2, 0) is 0 Å². The highest BCUT2D eigenvalue weighted by Gasteiger charge is 2.28. The predicted molar refractivity (Wildman–Crippen MR) is 60.5 cm³/mol. The molecule has 6 heteroatoms. The Kier molecular flexibility index (Phi) is 5.53. The van der Waals surface area contributed by atoms with Crippen molar-refractivity contribution in [3.63, 3.8) is 0 Å². The molecule has 18 heavy (non-hydrogen) atoms. The van der Waals surface area contributed by atoms with Crippen molar-refractivity contribution in [2.75, 3.05) is 6.54 Å². The van der Waals surface area contributed by atoms with Crippen molar-refractivity contribution < 1.29 is 17.6 Å². The topological polar surface area (TPSA) is 24.9 Å². The Morgan fingerprint density at radius 1 is 1.33 bits per heavy atom. The van der Waals surface area contributed by atoms with Gasteiger partial charge >= 0.3 is 6.18 Å². The molecule has 0 aliphatic heterocycles. The summed E-state index contributed by atoms with van der Waals surface area (Å²) in [7, 11) is 0. The van der Waals surface area contributed by atoms with Crippen molar-refractivity contribution in [3.05, 3.63) is 29.8 Å². The van der Waals surface area contributed by atoms with E-state index in [4.69, 9.17) is 0 Å². The average Bonchev–Trinajstić information content (AvgIpc) is 2.28. The molecule has 0 saturated carbocycles. The molecule has 1 heterocycles. The van der Waals surface area contributed by atoms with Gasteiger partial charge in [-0.1, -0.05) is 6.92 Å². The number of hydrogen-bond acceptors (Lipinski definition) is 2. The highest BCUT2D eigenvalue weighted by Crippen LogP contribution is 2.27. The van der Waals surface area contributed by atoms with Crippen LogP contribution in [0.15, 0.2) is 18.5 Å². The normalized spacial score (nSPS) is 13.6.